The summed E-state index contributed by atoms with van der Waals surface area (Å²) in [6.07, 6.45) is 3.92. The molecule has 0 saturated heterocycles. The van der Waals surface area contributed by atoms with Crippen LogP contribution in [-0.4, -0.2) is 23.0 Å². The number of aromatic nitrogens is 1. The minimum Gasteiger partial charge on any atom is -0.466 e. The number of ether oxygens (including phenoxy) is 1. The van der Waals surface area contributed by atoms with E-state index in [0.29, 0.717) is 11.3 Å². The minimum atomic E-state index is -0.508. The second kappa shape index (κ2) is 4.41. The van der Waals surface area contributed by atoms with Gasteiger partial charge in [0.25, 0.3) is 5.69 Å². The number of esters is 1. The van der Waals surface area contributed by atoms with Crippen molar-refractivity contribution < 1.29 is 14.5 Å². The first-order chi connectivity index (χ1) is 7.06. The van der Waals surface area contributed by atoms with Gasteiger partial charge in [0.15, 0.2) is 0 Å². The van der Waals surface area contributed by atoms with Gasteiger partial charge in [0.1, 0.15) is 0 Å². The first-order valence-corrected chi connectivity index (χ1v) is 4.14. The van der Waals surface area contributed by atoms with Gasteiger partial charge >= 0.3 is 5.97 Å². The average molecular weight is 210 g/mol. The molecule has 6 nitrogen and oxygen atoms in total. The zero-order valence-electron chi connectivity index (χ0n) is 8.31. The maximum Gasteiger partial charge on any atom is 0.330 e. The van der Waals surface area contributed by atoms with Crippen molar-refractivity contribution in [3.05, 3.63) is 33.6 Å². The predicted octanol–water partition coefficient (Wildman–Crippen LogP) is 1.42. The molecule has 0 saturated carbocycles. The first-order valence-electron chi connectivity index (χ1n) is 4.14. The van der Waals surface area contributed by atoms with Crippen molar-refractivity contribution in [1.29, 1.82) is 0 Å². The van der Waals surface area contributed by atoms with E-state index in [1.165, 1.54) is 25.5 Å². The number of aromatic amines is 1. The lowest BCUT2D eigenvalue weighted by molar-refractivity contribution is -0.385. The van der Waals surface area contributed by atoms with Gasteiger partial charge in [-0.2, -0.15) is 0 Å². The Morgan fingerprint density at radius 3 is 2.80 bits per heavy atom. The maximum absolute atomic E-state index is 10.8. The topological polar surface area (TPSA) is 85.2 Å². The molecular weight excluding hydrogens is 200 g/mol. The van der Waals surface area contributed by atoms with Crippen LogP contribution in [0.5, 0.6) is 0 Å². The molecule has 0 aliphatic heterocycles. The SMILES string of the molecule is COC(=O)/C=C/c1[nH]cc([N+](=O)[O-])c1C. The summed E-state index contributed by atoms with van der Waals surface area (Å²) < 4.78 is 4.39. The Bertz CT molecular complexity index is 420. The molecule has 0 aromatic carbocycles. The number of nitrogens with one attached hydrogen (secondary N) is 1. The molecular formula is C9H10N2O4. The van der Waals surface area contributed by atoms with Crippen molar-refractivity contribution >= 4 is 17.7 Å². The van der Waals surface area contributed by atoms with Gasteiger partial charge in [-0.1, -0.05) is 0 Å². The summed E-state index contributed by atoms with van der Waals surface area (Å²) in [4.78, 5) is 23.5. The van der Waals surface area contributed by atoms with Gasteiger partial charge in [-0.05, 0) is 13.0 Å². The van der Waals surface area contributed by atoms with E-state index in [-0.39, 0.29) is 5.69 Å². The van der Waals surface area contributed by atoms with Crippen molar-refractivity contribution in [2.75, 3.05) is 7.11 Å². The number of H-pyrrole nitrogens is 1. The number of nitro groups is 1. The van der Waals surface area contributed by atoms with Gasteiger partial charge in [0, 0.05) is 11.8 Å². The molecule has 0 spiro atoms. The monoisotopic (exact) mass is 210 g/mol. The summed E-state index contributed by atoms with van der Waals surface area (Å²) in [5.41, 5.74) is 1.01. The van der Waals surface area contributed by atoms with Crippen LogP contribution in [0.2, 0.25) is 0 Å². The number of methoxy groups -OCH3 is 1. The third-order valence-electron chi connectivity index (χ3n) is 1.94. The van der Waals surface area contributed by atoms with Crippen LogP contribution in [-0.2, 0) is 9.53 Å². The molecule has 1 heterocycles. The smallest absolute Gasteiger partial charge is 0.330 e. The molecule has 0 radical (unpaired) electrons. The largest absolute Gasteiger partial charge is 0.466 e. The maximum atomic E-state index is 10.8. The van der Waals surface area contributed by atoms with E-state index >= 15 is 0 Å². The Morgan fingerprint density at radius 1 is 1.67 bits per heavy atom. The Kier molecular flexibility index (Phi) is 3.22. The van der Waals surface area contributed by atoms with E-state index in [1.807, 2.05) is 0 Å². The number of rotatable bonds is 3. The predicted molar refractivity (Wildman–Crippen MR) is 53.2 cm³/mol. The van der Waals surface area contributed by atoms with Crippen LogP contribution in [0.3, 0.4) is 0 Å². The summed E-state index contributed by atoms with van der Waals surface area (Å²) in [6, 6.07) is 0. The molecule has 1 rings (SSSR count). The van der Waals surface area contributed by atoms with Crippen LogP contribution >= 0.6 is 0 Å². The molecule has 0 bridgehead atoms. The first kappa shape index (κ1) is 11.0. The summed E-state index contributed by atoms with van der Waals surface area (Å²) in [7, 11) is 1.26. The Hall–Kier alpha value is -2.11. The van der Waals surface area contributed by atoms with E-state index in [2.05, 4.69) is 9.72 Å². The van der Waals surface area contributed by atoms with Crippen molar-refractivity contribution in [2.45, 2.75) is 6.92 Å². The normalized spacial score (nSPS) is 10.5. The fourth-order valence-electron chi connectivity index (χ4n) is 1.08. The van der Waals surface area contributed by atoms with Crippen molar-refractivity contribution in [2.24, 2.45) is 0 Å². The average Bonchev–Trinajstić information content (AvgIpc) is 2.56. The lowest BCUT2D eigenvalue weighted by atomic mass is 10.2. The van der Waals surface area contributed by atoms with E-state index in [1.54, 1.807) is 6.92 Å². The Labute approximate surface area is 85.7 Å². The van der Waals surface area contributed by atoms with Crippen LogP contribution in [0.4, 0.5) is 5.69 Å². The number of nitrogens with zero attached hydrogens (tertiary/aromatic N) is 1. The van der Waals surface area contributed by atoms with Crippen LogP contribution in [0.15, 0.2) is 12.3 Å². The summed E-state index contributed by atoms with van der Waals surface area (Å²) in [6.45, 7) is 1.60. The van der Waals surface area contributed by atoms with E-state index in [9.17, 15) is 14.9 Å². The third-order valence-corrected chi connectivity index (χ3v) is 1.94. The molecule has 1 N–H and O–H groups in total. The molecule has 0 unspecified atom stereocenters. The van der Waals surface area contributed by atoms with E-state index in [4.69, 9.17) is 0 Å². The molecule has 15 heavy (non-hydrogen) atoms. The number of hydrogen-bond donors (Lipinski definition) is 1. The van der Waals surface area contributed by atoms with Crippen LogP contribution in [0, 0.1) is 17.0 Å². The second-order valence-electron chi connectivity index (χ2n) is 2.83. The van der Waals surface area contributed by atoms with Gasteiger partial charge in [0.05, 0.1) is 23.8 Å². The summed E-state index contributed by atoms with van der Waals surface area (Å²) in [5, 5.41) is 10.5. The highest BCUT2D eigenvalue weighted by atomic mass is 16.6. The molecule has 0 fully saturated rings. The quantitative estimate of drug-likeness (QED) is 0.354. The highest BCUT2D eigenvalue weighted by molar-refractivity contribution is 5.87. The van der Waals surface area contributed by atoms with Gasteiger partial charge in [-0.25, -0.2) is 4.79 Å². The van der Waals surface area contributed by atoms with E-state index in [0.717, 1.165) is 0 Å². The number of hydrogen-bond acceptors (Lipinski definition) is 4. The van der Waals surface area contributed by atoms with Gasteiger partial charge < -0.3 is 9.72 Å². The van der Waals surface area contributed by atoms with Crippen molar-refractivity contribution in [3.8, 4) is 0 Å². The van der Waals surface area contributed by atoms with Crippen molar-refractivity contribution in [3.63, 3.8) is 0 Å². The van der Waals surface area contributed by atoms with Crippen LogP contribution < -0.4 is 0 Å². The summed E-state index contributed by atoms with van der Waals surface area (Å²) >= 11 is 0. The third kappa shape index (κ3) is 2.43. The molecule has 80 valence electrons. The zero-order valence-corrected chi connectivity index (χ0v) is 8.31. The van der Waals surface area contributed by atoms with Gasteiger partial charge in [0.2, 0.25) is 0 Å². The molecule has 1 aromatic heterocycles. The molecule has 1 aromatic rings. The fourth-order valence-corrected chi connectivity index (χ4v) is 1.08. The Balaban J connectivity index is 2.93. The highest BCUT2D eigenvalue weighted by Gasteiger charge is 2.14. The molecule has 0 aliphatic rings. The molecule has 6 heteroatoms. The molecule has 0 atom stereocenters. The summed E-state index contributed by atoms with van der Waals surface area (Å²) in [5.74, 6) is -0.508. The molecule has 0 amide bonds. The standard InChI is InChI=1S/C9H10N2O4/c1-6-7(3-4-9(12)15-2)10-5-8(6)11(13)14/h3-5,10H,1-2H3/b4-3+. The van der Waals surface area contributed by atoms with Gasteiger partial charge in [-0.3, -0.25) is 10.1 Å². The van der Waals surface area contributed by atoms with Crippen LogP contribution in [0.25, 0.3) is 6.08 Å². The Morgan fingerprint density at radius 2 is 2.33 bits per heavy atom. The number of carbonyl (C=O) groups excluding carboxylic acids is 1. The zero-order chi connectivity index (χ0) is 11.4. The van der Waals surface area contributed by atoms with Gasteiger partial charge in [-0.15, -0.1) is 0 Å². The van der Waals surface area contributed by atoms with Crippen molar-refractivity contribution in [1.82, 2.24) is 4.98 Å². The lowest BCUT2D eigenvalue weighted by Gasteiger charge is -1.91. The minimum absolute atomic E-state index is 0.000448. The number of carbonyl (C=O) groups is 1. The highest BCUT2D eigenvalue weighted by Crippen LogP contribution is 2.21. The fraction of sp³-hybridized carbons (Fsp3) is 0.222. The van der Waals surface area contributed by atoms with E-state index < -0.39 is 10.9 Å². The van der Waals surface area contributed by atoms with Crippen LogP contribution in [0.1, 0.15) is 11.3 Å². The lowest BCUT2D eigenvalue weighted by Crippen LogP contribution is -1.93. The second-order valence-corrected chi connectivity index (χ2v) is 2.83. The molecule has 0 aliphatic carbocycles.